The number of nitrogens with zero attached hydrogens (tertiary/aromatic N) is 1. The molecule has 0 spiro atoms. The van der Waals surface area contributed by atoms with Crippen molar-refractivity contribution in [2.24, 2.45) is 0 Å². The molecule has 83 heavy (non-hydrogen) atoms. The second-order valence-corrected chi connectivity index (χ2v) is 23.3. The number of aliphatic carboxylic acids is 1. The van der Waals surface area contributed by atoms with Crippen molar-refractivity contribution >= 4 is 17.9 Å². The molecular formula is C74H125NO8. The number of carbonyl (C=O) groups excluding carboxylic acids is 3. The average molecular weight is 1160 g/mol. The molecule has 0 bridgehead atoms. The molecule has 0 aliphatic heterocycles. The van der Waals surface area contributed by atoms with E-state index in [1.165, 1.54) is 135 Å². The normalized spacial score (nSPS) is 13.5. The van der Waals surface area contributed by atoms with Crippen molar-refractivity contribution in [3.8, 4) is 0 Å². The van der Waals surface area contributed by atoms with Crippen molar-refractivity contribution in [1.82, 2.24) is 0 Å². The monoisotopic (exact) mass is 1160 g/mol. The van der Waals surface area contributed by atoms with Gasteiger partial charge in [-0.2, -0.15) is 0 Å². The van der Waals surface area contributed by atoms with E-state index in [1.807, 2.05) is 21.1 Å². The minimum Gasteiger partial charge on any atom is -0.545 e. The molecule has 9 nitrogen and oxygen atoms in total. The maximum atomic E-state index is 12.9. The molecule has 474 valence electrons. The van der Waals surface area contributed by atoms with Crippen LogP contribution in [0.3, 0.4) is 0 Å². The van der Waals surface area contributed by atoms with Crippen molar-refractivity contribution in [1.29, 1.82) is 0 Å². The highest BCUT2D eigenvalue weighted by molar-refractivity contribution is 5.70. The third-order valence-corrected chi connectivity index (χ3v) is 14.2. The highest BCUT2D eigenvalue weighted by atomic mass is 16.7. The van der Waals surface area contributed by atoms with Crippen molar-refractivity contribution in [3.63, 3.8) is 0 Å². The first-order valence-corrected chi connectivity index (χ1v) is 33.7. The summed E-state index contributed by atoms with van der Waals surface area (Å²) in [6.07, 6.45) is 86.9. The third kappa shape index (κ3) is 65.1. The third-order valence-electron chi connectivity index (χ3n) is 14.2. The first-order valence-electron chi connectivity index (χ1n) is 33.7. The van der Waals surface area contributed by atoms with Crippen molar-refractivity contribution in [2.45, 2.75) is 283 Å². The SMILES string of the molecule is CC/C=C\C/C=C\C/C=C\C/C=C\C/C=C\CCCCCCCCCCCCCCCC(=O)OCC(COC(OCC[N+](C)(C)C)C(=O)[O-])OC(=O)CCCCCCCCCCCCCCC/C=C\C/C=C\C/C=C\C/C=C\C/C=C\CC. The van der Waals surface area contributed by atoms with Crippen LogP contribution in [0, 0.1) is 0 Å². The topological polar surface area (TPSA) is 111 Å². The molecule has 0 amide bonds. The molecule has 9 heteroatoms. The van der Waals surface area contributed by atoms with Gasteiger partial charge >= 0.3 is 11.9 Å². The number of esters is 2. The van der Waals surface area contributed by atoms with Crippen LogP contribution >= 0.6 is 0 Å². The van der Waals surface area contributed by atoms with Gasteiger partial charge in [-0.15, -0.1) is 0 Å². The Labute approximate surface area is 510 Å². The van der Waals surface area contributed by atoms with Crippen LogP contribution in [0.25, 0.3) is 0 Å². The fourth-order valence-corrected chi connectivity index (χ4v) is 9.12. The molecule has 0 aliphatic carbocycles. The van der Waals surface area contributed by atoms with E-state index in [1.54, 1.807) is 0 Å². The summed E-state index contributed by atoms with van der Waals surface area (Å²) in [6.45, 7) is 4.53. The molecule has 0 rings (SSSR count). The van der Waals surface area contributed by atoms with Crippen LogP contribution in [-0.4, -0.2) is 82.3 Å². The summed E-state index contributed by atoms with van der Waals surface area (Å²) in [6, 6.07) is 0. The van der Waals surface area contributed by atoms with Crippen LogP contribution in [0.4, 0.5) is 0 Å². The van der Waals surface area contributed by atoms with E-state index in [9.17, 15) is 19.5 Å². The summed E-state index contributed by atoms with van der Waals surface area (Å²) in [5, 5.41) is 11.8. The van der Waals surface area contributed by atoms with Crippen LogP contribution in [0.1, 0.15) is 271 Å². The summed E-state index contributed by atoms with van der Waals surface area (Å²) in [5.41, 5.74) is 0. The van der Waals surface area contributed by atoms with Gasteiger partial charge in [-0.05, 0) is 103 Å². The zero-order chi connectivity index (χ0) is 60.5. The smallest absolute Gasteiger partial charge is 0.306 e. The van der Waals surface area contributed by atoms with Gasteiger partial charge < -0.3 is 33.3 Å². The van der Waals surface area contributed by atoms with E-state index in [-0.39, 0.29) is 38.6 Å². The van der Waals surface area contributed by atoms with Crippen LogP contribution in [0.2, 0.25) is 0 Å². The van der Waals surface area contributed by atoms with Crippen LogP contribution < -0.4 is 5.11 Å². The van der Waals surface area contributed by atoms with Gasteiger partial charge in [0, 0.05) is 12.8 Å². The van der Waals surface area contributed by atoms with Crippen LogP contribution in [0.5, 0.6) is 0 Å². The lowest BCUT2D eigenvalue weighted by Gasteiger charge is -2.26. The molecule has 0 saturated heterocycles. The number of allylic oxidation sites excluding steroid dienone is 20. The fraction of sp³-hybridized carbons (Fsp3) is 0.689. The van der Waals surface area contributed by atoms with E-state index in [0.29, 0.717) is 17.4 Å². The minimum absolute atomic E-state index is 0.143. The average Bonchev–Trinajstić information content (AvgIpc) is 3.47. The second kappa shape index (κ2) is 63.7. The molecule has 0 fully saturated rings. The van der Waals surface area contributed by atoms with Gasteiger partial charge in [-0.25, -0.2) is 0 Å². The molecule has 0 aromatic heterocycles. The molecule has 0 radical (unpaired) electrons. The predicted molar refractivity (Wildman–Crippen MR) is 352 cm³/mol. The van der Waals surface area contributed by atoms with Gasteiger partial charge in [-0.1, -0.05) is 277 Å². The molecular weight excluding hydrogens is 1030 g/mol. The van der Waals surface area contributed by atoms with E-state index in [2.05, 4.69) is 135 Å². The number of unbranched alkanes of at least 4 members (excludes halogenated alkanes) is 26. The summed E-state index contributed by atoms with van der Waals surface area (Å²) in [4.78, 5) is 37.5. The van der Waals surface area contributed by atoms with Gasteiger partial charge in [0.1, 0.15) is 13.2 Å². The molecule has 0 saturated carbocycles. The fourth-order valence-electron chi connectivity index (χ4n) is 9.12. The van der Waals surface area contributed by atoms with E-state index < -0.39 is 24.3 Å². The van der Waals surface area contributed by atoms with E-state index in [4.69, 9.17) is 18.9 Å². The number of hydrogen-bond acceptors (Lipinski definition) is 8. The van der Waals surface area contributed by atoms with Gasteiger partial charge in [0.25, 0.3) is 0 Å². The molecule has 2 atom stereocenters. The highest BCUT2D eigenvalue weighted by Gasteiger charge is 2.22. The van der Waals surface area contributed by atoms with Crippen molar-refractivity contribution < 1.29 is 42.9 Å². The Morgan fingerprint density at radius 3 is 0.964 bits per heavy atom. The Morgan fingerprint density at radius 2 is 0.651 bits per heavy atom. The molecule has 0 heterocycles. The zero-order valence-corrected chi connectivity index (χ0v) is 54.0. The predicted octanol–water partition coefficient (Wildman–Crippen LogP) is 19.5. The Kier molecular flexibility index (Phi) is 60.4. The summed E-state index contributed by atoms with van der Waals surface area (Å²) in [7, 11) is 5.93. The van der Waals surface area contributed by atoms with Gasteiger partial charge in [0.2, 0.25) is 0 Å². The lowest BCUT2D eigenvalue weighted by atomic mass is 10.0. The Bertz CT molecular complexity index is 1780. The Hall–Kier alpha value is -4.31. The minimum atomic E-state index is -1.63. The summed E-state index contributed by atoms with van der Waals surface area (Å²) in [5.74, 6) is -2.29. The molecule has 0 aliphatic rings. The highest BCUT2D eigenvalue weighted by Crippen LogP contribution is 2.17. The number of quaternary nitrogens is 1. The van der Waals surface area contributed by atoms with Crippen LogP contribution in [-0.2, 0) is 33.3 Å². The molecule has 0 aromatic carbocycles. The van der Waals surface area contributed by atoms with Crippen molar-refractivity contribution in [3.05, 3.63) is 122 Å². The first kappa shape index (κ1) is 78.7. The van der Waals surface area contributed by atoms with Gasteiger partial charge in [-0.3, -0.25) is 9.59 Å². The number of hydrogen-bond donors (Lipinski definition) is 0. The number of rotatable bonds is 61. The largest absolute Gasteiger partial charge is 0.545 e. The van der Waals surface area contributed by atoms with Crippen LogP contribution in [0.15, 0.2) is 122 Å². The van der Waals surface area contributed by atoms with Gasteiger partial charge in [0.15, 0.2) is 12.4 Å². The Balaban J connectivity index is 4.16. The van der Waals surface area contributed by atoms with Gasteiger partial charge in [0.05, 0.1) is 40.3 Å². The number of carboxylic acid groups (broad SMARTS) is 1. The Morgan fingerprint density at radius 1 is 0.361 bits per heavy atom. The zero-order valence-electron chi connectivity index (χ0n) is 54.0. The first-order chi connectivity index (χ1) is 40.6. The molecule has 0 N–H and O–H groups in total. The number of carbonyl (C=O) groups is 3. The summed E-state index contributed by atoms with van der Waals surface area (Å²) >= 11 is 0. The maximum absolute atomic E-state index is 12.9. The standard InChI is InChI=1S/C74H125NO8/c1-6-8-10-12-14-16-18-20-22-24-26-28-30-32-34-36-38-40-42-44-46-48-50-52-54-56-58-60-62-64-71(76)81-68-70(69-82-74(73(78)79)80-67-66-75(3,4)5)83-72(77)65-63-61-59-57-55-53-51-49-47-45-43-41-39-37-35-33-31-29-27-25-23-21-19-17-15-13-11-9-7-2/h8-11,14-17,20-23,26-29,32-35,70,74H,6-7,12-13,18-19,24-25,30-31,36-69H2,1-5H3/b10-8-,11-9-,16-14-,17-15-,22-20-,23-21-,28-26-,29-27-,34-32-,35-33-. The quantitative estimate of drug-likeness (QED) is 0.0195. The molecule has 2 unspecified atom stereocenters. The van der Waals surface area contributed by atoms with Crippen molar-refractivity contribution in [2.75, 3.05) is 47.5 Å². The number of ether oxygens (including phenoxy) is 4. The summed E-state index contributed by atoms with van der Waals surface area (Å²) < 4.78 is 22.8. The number of carboxylic acids is 1. The maximum Gasteiger partial charge on any atom is 0.306 e. The second-order valence-electron chi connectivity index (χ2n) is 23.3. The lowest BCUT2D eigenvalue weighted by Crippen LogP contribution is -2.44. The van der Waals surface area contributed by atoms with E-state index in [0.717, 1.165) is 103 Å². The molecule has 0 aromatic rings. The number of likely N-dealkylation sites (N-methyl/N-ethyl adjacent to an activating group) is 1. The van der Waals surface area contributed by atoms with E-state index >= 15 is 0 Å². The lowest BCUT2D eigenvalue weighted by molar-refractivity contribution is -0.870.